The van der Waals surface area contributed by atoms with Crippen LogP contribution >= 0.6 is 0 Å². The molecule has 0 heterocycles. The van der Waals surface area contributed by atoms with Gasteiger partial charge in [-0.1, -0.05) is 30.3 Å². The van der Waals surface area contributed by atoms with Gasteiger partial charge in [-0.15, -0.1) is 0 Å². The zero-order valence-electron chi connectivity index (χ0n) is 11.4. The number of benzene rings is 2. The maximum atomic E-state index is 13.6. The second-order valence-electron chi connectivity index (χ2n) is 5.29. The van der Waals surface area contributed by atoms with E-state index in [1.54, 1.807) is 0 Å². The Hall–Kier alpha value is -2.34. The van der Waals surface area contributed by atoms with Gasteiger partial charge in [0.1, 0.15) is 0 Å². The molecule has 0 fully saturated rings. The van der Waals surface area contributed by atoms with Gasteiger partial charge in [-0.25, -0.2) is 4.79 Å². The molecule has 1 aliphatic carbocycles. The fraction of sp³-hybridized carbons (Fsp3) is 0.188. The molecule has 0 aliphatic heterocycles. The predicted octanol–water partition coefficient (Wildman–Crippen LogP) is 3.47. The second kappa shape index (κ2) is 4.33. The fourth-order valence-electron chi connectivity index (χ4n) is 3.00. The number of carbonyl (C=O) groups is 1. The van der Waals surface area contributed by atoms with Crippen LogP contribution in [0.4, 0.5) is 13.2 Å². The van der Waals surface area contributed by atoms with E-state index in [9.17, 15) is 28.2 Å². The number of hydrogen-bond donors (Lipinski definition) is 2. The molecule has 0 saturated heterocycles. The van der Waals surface area contributed by atoms with Gasteiger partial charge in [-0.05, 0) is 24.1 Å². The van der Waals surface area contributed by atoms with Crippen LogP contribution < -0.4 is 0 Å². The zero-order chi connectivity index (χ0) is 16.3. The molecular weight excluding hydrogens is 297 g/mol. The van der Waals surface area contributed by atoms with E-state index in [0.29, 0.717) is 5.56 Å². The Balaban J connectivity index is 2.50. The Morgan fingerprint density at radius 1 is 1.14 bits per heavy atom. The van der Waals surface area contributed by atoms with Crippen molar-refractivity contribution in [3.63, 3.8) is 0 Å². The van der Waals surface area contributed by atoms with Crippen LogP contribution in [0.25, 0.3) is 11.1 Å². The lowest BCUT2D eigenvalue weighted by Crippen LogP contribution is -2.41. The third-order valence-electron chi connectivity index (χ3n) is 3.90. The highest BCUT2D eigenvalue weighted by atomic mass is 19.4. The van der Waals surface area contributed by atoms with Crippen LogP contribution in [0.1, 0.15) is 27.0 Å². The van der Waals surface area contributed by atoms with E-state index in [0.717, 1.165) is 0 Å². The van der Waals surface area contributed by atoms with Gasteiger partial charge in [0.15, 0.2) is 0 Å². The average molecular weight is 308 g/mol. The number of hydrogen-bond acceptors (Lipinski definition) is 2. The van der Waals surface area contributed by atoms with Crippen molar-refractivity contribution >= 4 is 5.97 Å². The van der Waals surface area contributed by atoms with Gasteiger partial charge in [0.05, 0.1) is 5.56 Å². The third-order valence-corrected chi connectivity index (χ3v) is 3.90. The maximum Gasteiger partial charge on any atom is 0.425 e. The summed E-state index contributed by atoms with van der Waals surface area (Å²) in [6.07, 6.45) is -4.96. The van der Waals surface area contributed by atoms with Crippen molar-refractivity contribution < 1.29 is 28.2 Å². The summed E-state index contributed by atoms with van der Waals surface area (Å²) in [5.41, 5.74) is -3.86. The summed E-state index contributed by atoms with van der Waals surface area (Å²) < 4.78 is 40.7. The van der Waals surface area contributed by atoms with Crippen LogP contribution in [-0.2, 0) is 5.60 Å². The van der Waals surface area contributed by atoms with Crippen LogP contribution in [-0.4, -0.2) is 22.4 Å². The van der Waals surface area contributed by atoms with Crippen LogP contribution in [0.2, 0.25) is 0 Å². The summed E-state index contributed by atoms with van der Waals surface area (Å²) in [6, 6.07) is 7.95. The van der Waals surface area contributed by atoms with Crippen molar-refractivity contribution in [1.82, 2.24) is 0 Å². The molecule has 22 heavy (non-hydrogen) atoms. The van der Waals surface area contributed by atoms with Crippen molar-refractivity contribution in [3.05, 3.63) is 58.7 Å². The Morgan fingerprint density at radius 2 is 1.77 bits per heavy atom. The van der Waals surface area contributed by atoms with E-state index >= 15 is 0 Å². The smallest absolute Gasteiger partial charge is 0.425 e. The van der Waals surface area contributed by atoms with E-state index in [-0.39, 0.29) is 22.3 Å². The molecule has 1 unspecified atom stereocenters. The second-order valence-corrected chi connectivity index (χ2v) is 5.29. The normalized spacial score (nSPS) is 19.7. The van der Waals surface area contributed by atoms with Crippen molar-refractivity contribution in [2.75, 3.05) is 0 Å². The minimum atomic E-state index is -4.96. The first kappa shape index (κ1) is 14.6. The van der Waals surface area contributed by atoms with E-state index in [1.807, 2.05) is 0 Å². The Bertz CT molecular complexity index is 796. The standard InChI is InChI=1S/C16H11F3O3/c1-8-6-10(14(20)21)13-9-4-2-3-5-11(9)15(22,12(13)7-8)16(17,18)19/h2-7,22H,1H3,(H,20,21). The fourth-order valence-corrected chi connectivity index (χ4v) is 3.00. The van der Waals surface area contributed by atoms with Crippen molar-refractivity contribution in [2.45, 2.75) is 18.7 Å². The third kappa shape index (κ3) is 1.70. The Morgan fingerprint density at radius 3 is 2.36 bits per heavy atom. The number of aromatic carboxylic acids is 1. The molecular formula is C16H11F3O3. The Kier molecular flexibility index (Phi) is 2.87. The number of aliphatic hydroxyl groups is 1. The Labute approximate surface area is 123 Å². The summed E-state index contributed by atoms with van der Waals surface area (Å²) in [5, 5.41) is 19.8. The van der Waals surface area contributed by atoms with E-state index in [2.05, 4.69) is 0 Å². The highest BCUT2D eigenvalue weighted by Crippen LogP contribution is 2.55. The van der Waals surface area contributed by atoms with Gasteiger partial charge in [-0.2, -0.15) is 13.2 Å². The molecule has 114 valence electrons. The molecule has 6 heteroatoms. The van der Waals surface area contributed by atoms with E-state index in [4.69, 9.17) is 0 Å². The number of aryl methyl sites for hydroxylation is 1. The zero-order valence-corrected chi connectivity index (χ0v) is 11.4. The van der Waals surface area contributed by atoms with E-state index < -0.39 is 23.3 Å². The molecule has 1 aliphatic rings. The van der Waals surface area contributed by atoms with Crippen LogP contribution in [0, 0.1) is 6.92 Å². The van der Waals surface area contributed by atoms with Crippen LogP contribution in [0.5, 0.6) is 0 Å². The number of alkyl halides is 3. The van der Waals surface area contributed by atoms with Gasteiger partial charge in [0.2, 0.25) is 5.60 Å². The van der Waals surface area contributed by atoms with Crippen molar-refractivity contribution in [1.29, 1.82) is 0 Å². The first-order valence-electron chi connectivity index (χ1n) is 6.45. The molecule has 3 rings (SSSR count). The molecule has 0 bridgehead atoms. The number of fused-ring (bicyclic) bond motifs is 3. The lowest BCUT2D eigenvalue weighted by Gasteiger charge is -2.28. The lowest BCUT2D eigenvalue weighted by atomic mass is 9.89. The highest BCUT2D eigenvalue weighted by molar-refractivity contribution is 6.00. The molecule has 2 aromatic carbocycles. The molecule has 3 nitrogen and oxygen atoms in total. The molecule has 1 atom stereocenters. The lowest BCUT2D eigenvalue weighted by molar-refractivity contribution is -0.246. The molecule has 0 saturated carbocycles. The van der Waals surface area contributed by atoms with Crippen LogP contribution in [0.15, 0.2) is 36.4 Å². The minimum absolute atomic E-state index is 0.0754. The summed E-state index contributed by atoms with van der Waals surface area (Å²) >= 11 is 0. The largest absolute Gasteiger partial charge is 0.478 e. The monoisotopic (exact) mass is 308 g/mol. The van der Waals surface area contributed by atoms with Gasteiger partial charge in [-0.3, -0.25) is 0 Å². The summed E-state index contributed by atoms with van der Waals surface area (Å²) in [6.45, 7) is 1.49. The van der Waals surface area contributed by atoms with E-state index in [1.165, 1.54) is 43.3 Å². The molecule has 2 aromatic rings. The number of rotatable bonds is 1. The van der Waals surface area contributed by atoms with Gasteiger partial charge >= 0.3 is 12.1 Å². The summed E-state index contributed by atoms with van der Waals surface area (Å²) in [7, 11) is 0. The molecule has 0 radical (unpaired) electrons. The van der Waals surface area contributed by atoms with Gasteiger partial charge in [0, 0.05) is 16.7 Å². The summed E-state index contributed by atoms with van der Waals surface area (Å²) in [4.78, 5) is 11.4. The number of halogens is 3. The topological polar surface area (TPSA) is 57.5 Å². The molecule has 2 N–H and O–H groups in total. The van der Waals surface area contributed by atoms with Gasteiger partial charge < -0.3 is 10.2 Å². The molecule has 0 spiro atoms. The van der Waals surface area contributed by atoms with Gasteiger partial charge in [0.25, 0.3) is 0 Å². The predicted molar refractivity (Wildman–Crippen MR) is 72.6 cm³/mol. The quantitative estimate of drug-likeness (QED) is 0.848. The average Bonchev–Trinajstić information content (AvgIpc) is 2.69. The first-order valence-corrected chi connectivity index (χ1v) is 6.45. The highest BCUT2D eigenvalue weighted by Gasteiger charge is 2.61. The number of carboxylic acids is 1. The number of carboxylic acid groups (broad SMARTS) is 1. The SMILES string of the molecule is Cc1cc(C(=O)O)c2c(c1)C(O)(C(F)(F)F)c1ccccc1-2. The van der Waals surface area contributed by atoms with Crippen molar-refractivity contribution in [2.24, 2.45) is 0 Å². The molecule has 0 amide bonds. The maximum absolute atomic E-state index is 13.6. The van der Waals surface area contributed by atoms with Crippen molar-refractivity contribution in [3.8, 4) is 11.1 Å². The van der Waals surface area contributed by atoms with Crippen LogP contribution in [0.3, 0.4) is 0 Å². The first-order chi connectivity index (χ1) is 10.2. The minimum Gasteiger partial charge on any atom is -0.478 e. The summed E-state index contributed by atoms with van der Waals surface area (Å²) in [5.74, 6) is -1.33. The molecule has 0 aromatic heterocycles.